The summed E-state index contributed by atoms with van der Waals surface area (Å²) in [5.41, 5.74) is 2.02. The van der Waals surface area contributed by atoms with Crippen molar-refractivity contribution < 1.29 is 9.84 Å². The molecule has 1 unspecified atom stereocenters. The number of nitrogens with zero attached hydrogens (tertiary/aromatic N) is 2. The van der Waals surface area contributed by atoms with Crippen LogP contribution in [-0.2, 0) is 11.3 Å². The number of aliphatic hydroxyl groups excluding tert-OH is 1. The average Bonchev–Trinajstić information content (AvgIpc) is 2.87. The Labute approximate surface area is 129 Å². The van der Waals surface area contributed by atoms with Gasteiger partial charge in [0.2, 0.25) is 0 Å². The zero-order valence-corrected chi connectivity index (χ0v) is 13.1. The van der Waals surface area contributed by atoms with Crippen molar-refractivity contribution in [3.8, 4) is 0 Å². The van der Waals surface area contributed by atoms with Gasteiger partial charge in [-0.2, -0.15) is 0 Å². The summed E-state index contributed by atoms with van der Waals surface area (Å²) in [4.78, 5) is 6.58. The number of ether oxygens (including phenoxy) is 1. The number of hydrogen-bond donors (Lipinski definition) is 2. The maximum Gasteiger partial charge on any atom is 0.187 e. The molecule has 2 rings (SSSR count). The van der Waals surface area contributed by atoms with E-state index in [2.05, 4.69) is 10.3 Å². The Kier molecular flexibility index (Phi) is 6.13. The minimum Gasteiger partial charge on any atom is -0.389 e. The van der Waals surface area contributed by atoms with Crippen LogP contribution in [0.5, 0.6) is 0 Å². The van der Waals surface area contributed by atoms with Crippen LogP contribution in [0.4, 0.5) is 10.8 Å². The molecule has 5 nitrogen and oxygen atoms in total. The third kappa shape index (κ3) is 5.43. The van der Waals surface area contributed by atoms with Gasteiger partial charge in [-0.25, -0.2) is 4.98 Å². The molecular weight excluding hydrogens is 286 g/mol. The third-order valence-corrected chi connectivity index (χ3v) is 3.70. The van der Waals surface area contributed by atoms with E-state index in [9.17, 15) is 5.11 Å². The first kappa shape index (κ1) is 15.9. The lowest BCUT2D eigenvalue weighted by Gasteiger charge is -2.18. The van der Waals surface area contributed by atoms with Gasteiger partial charge in [-0.1, -0.05) is 18.2 Å². The molecule has 0 aliphatic carbocycles. The second kappa shape index (κ2) is 8.09. The SMILES string of the molecule is COCC(O)CN(C)Cc1csc(Nc2ccccc2)n1. The van der Waals surface area contributed by atoms with Crippen LogP contribution in [0, 0.1) is 0 Å². The summed E-state index contributed by atoms with van der Waals surface area (Å²) in [6.45, 7) is 1.61. The van der Waals surface area contributed by atoms with Gasteiger partial charge in [0.1, 0.15) is 0 Å². The van der Waals surface area contributed by atoms with Crippen molar-refractivity contribution in [2.24, 2.45) is 0 Å². The molecule has 0 aliphatic rings. The maximum absolute atomic E-state index is 9.70. The zero-order valence-electron chi connectivity index (χ0n) is 12.3. The average molecular weight is 307 g/mol. The molecule has 0 amide bonds. The van der Waals surface area contributed by atoms with E-state index in [-0.39, 0.29) is 0 Å². The Balaban J connectivity index is 1.85. The van der Waals surface area contributed by atoms with Crippen molar-refractivity contribution in [2.45, 2.75) is 12.6 Å². The molecule has 2 N–H and O–H groups in total. The molecule has 1 aromatic carbocycles. The van der Waals surface area contributed by atoms with E-state index in [1.165, 1.54) is 0 Å². The molecule has 0 bridgehead atoms. The van der Waals surface area contributed by atoms with Crippen molar-refractivity contribution in [3.05, 3.63) is 41.4 Å². The standard InChI is InChI=1S/C15H21N3O2S/c1-18(9-14(19)10-20-2)8-13-11-21-15(17-13)16-12-6-4-3-5-7-12/h3-7,11,14,19H,8-10H2,1-2H3,(H,16,17). The van der Waals surface area contributed by atoms with Crippen LogP contribution in [0.15, 0.2) is 35.7 Å². The molecule has 0 saturated carbocycles. The quantitative estimate of drug-likeness (QED) is 0.784. The van der Waals surface area contributed by atoms with E-state index >= 15 is 0 Å². The summed E-state index contributed by atoms with van der Waals surface area (Å²) in [6.07, 6.45) is -0.472. The van der Waals surface area contributed by atoms with E-state index in [4.69, 9.17) is 4.74 Å². The second-order valence-electron chi connectivity index (χ2n) is 4.94. The van der Waals surface area contributed by atoms with Gasteiger partial charge in [-0.3, -0.25) is 4.90 Å². The summed E-state index contributed by atoms with van der Waals surface area (Å²) in [5.74, 6) is 0. The van der Waals surface area contributed by atoms with Gasteiger partial charge >= 0.3 is 0 Å². The van der Waals surface area contributed by atoms with E-state index < -0.39 is 6.10 Å². The van der Waals surface area contributed by atoms with Gasteiger partial charge in [0.15, 0.2) is 5.13 Å². The number of rotatable bonds is 8. The zero-order chi connectivity index (χ0) is 15.1. The Hall–Kier alpha value is -1.47. The summed E-state index contributed by atoms with van der Waals surface area (Å²) >= 11 is 1.58. The fourth-order valence-electron chi connectivity index (χ4n) is 2.03. The summed E-state index contributed by atoms with van der Waals surface area (Å²) in [6, 6.07) is 9.98. The molecular formula is C15H21N3O2S. The highest BCUT2D eigenvalue weighted by Crippen LogP contribution is 2.21. The number of methoxy groups -OCH3 is 1. The van der Waals surface area contributed by atoms with Crippen LogP contribution < -0.4 is 5.32 Å². The van der Waals surface area contributed by atoms with Crippen LogP contribution in [0.2, 0.25) is 0 Å². The third-order valence-electron chi connectivity index (χ3n) is 2.89. The first-order valence-corrected chi connectivity index (χ1v) is 7.67. The highest BCUT2D eigenvalue weighted by molar-refractivity contribution is 7.13. The molecule has 1 heterocycles. The molecule has 114 valence electrons. The molecule has 0 fully saturated rings. The molecule has 6 heteroatoms. The van der Waals surface area contributed by atoms with Crippen LogP contribution in [0.25, 0.3) is 0 Å². The molecule has 0 saturated heterocycles. The Morgan fingerprint density at radius 3 is 2.86 bits per heavy atom. The summed E-state index contributed by atoms with van der Waals surface area (Å²) in [7, 11) is 3.55. The Morgan fingerprint density at radius 1 is 1.38 bits per heavy atom. The number of benzene rings is 1. The van der Waals surface area contributed by atoms with Gasteiger partial charge in [-0.15, -0.1) is 11.3 Å². The van der Waals surface area contributed by atoms with Crippen LogP contribution >= 0.6 is 11.3 Å². The van der Waals surface area contributed by atoms with Gasteiger partial charge in [-0.05, 0) is 19.2 Å². The topological polar surface area (TPSA) is 57.6 Å². The van der Waals surface area contributed by atoms with E-state index in [1.807, 2.05) is 47.7 Å². The first-order chi connectivity index (χ1) is 10.2. The van der Waals surface area contributed by atoms with E-state index in [1.54, 1.807) is 18.4 Å². The minimum absolute atomic E-state index is 0.349. The number of thiazole rings is 1. The Morgan fingerprint density at radius 2 is 2.14 bits per heavy atom. The van der Waals surface area contributed by atoms with Crippen molar-refractivity contribution in [1.82, 2.24) is 9.88 Å². The smallest absolute Gasteiger partial charge is 0.187 e. The molecule has 0 spiro atoms. The molecule has 2 aromatic rings. The number of nitrogens with one attached hydrogen (secondary N) is 1. The predicted molar refractivity (Wildman–Crippen MR) is 86.1 cm³/mol. The number of para-hydroxylation sites is 1. The molecule has 0 aliphatic heterocycles. The number of likely N-dealkylation sites (N-methyl/N-ethyl adjacent to an activating group) is 1. The van der Waals surface area contributed by atoms with Gasteiger partial charge in [0.05, 0.1) is 18.4 Å². The summed E-state index contributed by atoms with van der Waals surface area (Å²) in [5, 5.41) is 15.9. The van der Waals surface area contributed by atoms with Crippen LogP contribution in [0.1, 0.15) is 5.69 Å². The van der Waals surface area contributed by atoms with Gasteiger partial charge < -0.3 is 15.2 Å². The maximum atomic E-state index is 9.70. The minimum atomic E-state index is -0.472. The fourth-order valence-corrected chi connectivity index (χ4v) is 2.75. The van der Waals surface area contributed by atoms with Crippen molar-refractivity contribution in [1.29, 1.82) is 0 Å². The number of hydrogen-bond acceptors (Lipinski definition) is 6. The highest BCUT2D eigenvalue weighted by atomic mass is 32.1. The van der Waals surface area contributed by atoms with Crippen LogP contribution in [-0.4, -0.2) is 48.4 Å². The fraction of sp³-hybridized carbons (Fsp3) is 0.400. The monoisotopic (exact) mass is 307 g/mol. The van der Waals surface area contributed by atoms with E-state index in [0.29, 0.717) is 19.7 Å². The van der Waals surface area contributed by atoms with Gasteiger partial charge in [0, 0.05) is 31.3 Å². The Bertz CT molecular complexity index is 533. The van der Waals surface area contributed by atoms with Crippen molar-refractivity contribution in [3.63, 3.8) is 0 Å². The normalized spacial score (nSPS) is 12.6. The largest absolute Gasteiger partial charge is 0.389 e. The number of aromatic nitrogens is 1. The lowest BCUT2D eigenvalue weighted by atomic mass is 10.3. The van der Waals surface area contributed by atoms with Crippen molar-refractivity contribution in [2.75, 3.05) is 32.6 Å². The molecule has 1 atom stereocenters. The predicted octanol–water partition coefficient (Wildman–Crippen LogP) is 2.33. The molecule has 21 heavy (non-hydrogen) atoms. The molecule has 0 radical (unpaired) electrons. The molecule has 1 aromatic heterocycles. The number of anilines is 2. The van der Waals surface area contributed by atoms with E-state index in [0.717, 1.165) is 16.5 Å². The lowest BCUT2D eigenvalue weighted by Crippen LogP contribution is -2.31. The second-order valence-corrected chi connectivity index (χ2v) is 5.80. The highest BCUT2D eigenvalue weighted by Gasteiger charge is 2.10. The van der Waals surface area contributed by atoms with Crippen molar-refractivity contribution >= 4 is 22.2 Å². The lowest BCUT2D eigenvalue weighted by molar-refractivity contribution is 0.0417. The van der Waals surface area contributed by atoms with Gasteiger partial charge in [0.25, 0.3) is 0 Å². The first-order valence-electron chi connectivity index (χ1n) is 6.79. The van der Waals surface area contributed by atoms with Crippen LogP contribution in [0.3, 0.4) is 0 Å². The summed E-state index contributed by atoms with van der Waals surface area (Å²) < 4.78 is 4.92. The number of aliphatic hydroxyl groups is 1.